The van der Waals surface area contributed by atoms with E-state index in [1.165, 1.54) is 0 Å². The molecular formula is C15H21N3O2. The van der Waals surface area contributed by atoms with Crippen LogP contribution in [0.5, 0.6) is 0 Å². The van der Waals surface area contributed by atoms with Gasteiger partial charge in [-0.1, -0.05) is 26.3 Å². The summed E-state index contributed by atoms with van der Waals surface area (Å²) in [6.45, 7) is 4.60. The highest BCUT2D eigenvalue weighted by Crippen LogP contribution is 2.14. The second-order valence-corrected chi connectivity index (χ2v) is 5.07. The molecule has 1 atom stereocenters. The number of aryl methyl sites for hydroxylation is 1. The van der Waals surface area contributed by atoms with E-state index >= 15 is 0 Å². The van der Waals surface area contributed by atoms with Crippen LogP contribution in [0, 0.1) is 0 Å². The standard InChI is InChI=1S/C15H21N3O2/c1-3-6-12-15(20)18(10-14(19)17-12)9-13-11(4-2)7-5-8-16-13/h5,7-8,12H,3-4,6,9-10H2,1-2H3,(H,17,19). The Bertz CT molecular complexity index is 502. The Labute approximate surface area is 119 Å². The Morgan fingerprint density at radius 3 is 2.90 bits per heavy atom. The Morgan fingerprint density at radius 1 is 1.40 bits per heavy atom. The van der Waals surface area contributed by atoms with Gasteiger partial charge in [0.1, 0.15) is 12.6 Å². The topological polar surface area (TPSA) is 62.3 Å². The highest BCUT2D eigenvalue weighted by Gasteiger charge is 2.32. The molecule has 20 heavy (non-hydrogen) atoms. The van der Waals surface area contributed by atoms with E-state index in [1.54, 1.807) is 11.1 Å². The maximum absolute atomic E-state index is 12.3. The molecule has 0 saturated carbocycles. The van der Waals surface area contributed by atoms with Gasteiger partial charge in [0.05, 0.1) is 12.2 Å². The molecule has 1 aliphatic rings. The number of carbonyl (C=O) groups excluding carboxylic acids is 2. The number of pyridine rings is 1. The van der Waals surface area contributed by atoms with E-state index in [9.17, 15) is 9.59 Å². The fraction of sp³-hybridized carbons (Fsp3) is 0.533. The zero-order valence-electron chi connectivity index (χ0n) is 12.1. The van der Waals surface area contributed by atoms with E-state index in [2.05, 4.69) is 17.2 Å². The quantitative estimate of drug-likeness (QED) is 0.880. The number of amides is 2. The third-order valence-corrected chi connectivity index (χ3v) is 3.56. The minimum Gasteiger partial charge on any atom is -0.343 e. The van der Waals surface area contributed by atoms with E-state index in [1.807, 2.05) is 19.1 Å². The van der Waals surface area contributed by atoms with E-state index < -0.39 is 0 Å². The van der Waals surface area contributed by atoms with Crippen LogP contribution in [0.15, 0.2) is 18.3 Å². The zero-order valence-corrected chi connectivity index (χ0v) is 12.1. The first kappa shape index (κ1) is 14.5. The van der Waals surface area contributed by atoms with Crippen molar-refractivity contribution in [3.63, 3.8) is 0 Å². The van der Waals surface area contributed by atoms with E-state index in [0.29, 0.717) is 13.0 Å². The molecule has 0 spiro atoms. The highest BCUT2D eigenvalue weighted by molar-refractivity contribution is 5.94. The fourth-order valence-electron chi connectivity index (χ4n) is 2.51. The van der Waals surface area contributed by atoms with E-state index in [0.717, 1.165) is 24.1 Å². The molecule has 108 valence electrons. The maximum atomic E-state index is 12.3. The Balaban J connectivity index is 2.14. The van der Waals surface area contributed by atoms with Crippen molar-refractivity contribution in [2.24, 2.45) is 0 Å². The molecule has 2 amide bonds. The monoisotopic (exact) mass is 275 g/mol. The zero-order chi connectivity index (χ0) is 14.5. The molecule has 1 fully saturated rings. The van der Waals surface area contributed by atoms with Crippen molar-refractivity contribution in [3.8, 4) is 0 Å². The number of nitrogens with zero attached hydrogens (tertiary/aromatic N) is 2. The second-order valence-electron chi connectivity index (χ2n) is 5.07. The summed E-state index contributed by atoms with van der Waals surface area (Å²) in [6.07, 6.45) is 4.15. The molecule has 0 bridgehead atoms. The summed E-state index contributed by atoms with van der Waals surface area (Å²) < 4.78 is 0. The van der Waals surface area contributed by atoms with Crippen LogP contribution in [0.3, 0.4) is 0 Å². The van der Waals surface area contributed by atoms with Crippen LogP contribution in [0.4, 0.5) is 0 Å². The van der Waals surface area contributed by atoms with Gasteiger partial charge in [-0.2, -0.15) is 0 Å². The summed E-state index contributed by atoms with van der Waals surface area (Å²) in [5.74, 6) is -0.0869. The molecule has 2 heterocycles. The average molecular weight is 275 g/mol. The summed E-state index contributed by atoms with van der Waals surface area (Å²) in [7, 11) is 0. The van der Waals surface area contributed by atoms with Gasteiger partial charge in [0.25, 0.3) is 0 Å². The molecule has 5 heteroatoms. The van der Waals surface area contributed by atoms with Gasteiger partial charge >= 0.3 is 0 Å². The number of carbonyl (C=O) groups is 2. The number of rotatable bonds is 5. The average Bonchev–Trinajstić information content (AvgIpc) is 2.44. The number of hydrogen-bond donors (Lipinski definition) is 1. The number of piperazine rings is 1. The fourth-order valence-corrected chi connectivity index (χ4v) is 2.51. The van der Waals surface area contributed by atoms with Gasteiger partial charge in [0.15, 0.2) is 0 Å². The molecule has 0 aliphatic carbocycles. The van der Waals surface area contributed by atoms with Crippen LogP contribution in [0.25, 0.3) is 0 Å². The summed E-state index contributed by atoms with van der Waals surface area (Å²) >= 11 is 0. The van der Waals surface area contributed by atoms with Gasteiger partial charge in [-0.3, -0.25) is 14.6 Å². The summed E-state index contributed by atoms with van der Waals surface area (Å²) in [4.78, 5) is 30.0. The lowest BCUT2D eigenvalue weighted by atomic mass is 10.1. The van der Waals surface area contributed by atoms with Gasteiger partial charge < -0.3 is 10.2 Å². The lowest BCUT2D eigenvalue weighted by molar-refractivity contribution is -0.145. The van der Waals surface area contributed by atoms with Crippen LogP contribution < -0.4 is 5.32 Å². The van der Waals surface area contributed by atoms with Gasteiger partial charge in [0, 0.05) is 6.20 Å². The lowest BCUT2D eigenvalue weighted by Crippen LogP contribution is -2.57. The number of nitrogens with one attached hydrogen (secondary N) is 1. The van der Waals surface area contributed by atoms with Gasteiger partial charge in [-0.15, -0.1) is 0 Å². The summed E-state index contributed by atoms with van der Waals surface area (Å²) in [6, 6.07) is 3.53. The van der Waals surface area contributed by atoms with Crippen molar-refractivity contribution in [1.29, 1.82) is 0 Å². The molecule has 1 saturated heterocycles. The smallest absolute Gasteiger partial charge is 0.245 e. The van der Waals surface area contributed by atoms with Gasteiger partial charge in [-0.25, -0.2) is 0 Å². The first-order valence-electron chi connectivity index (χ1n) is 7.16. The number of hydrogen-bond acceptors (Lipinski definition) is 3. The molecule has 1 aromatic heterocycles. The van der Waals surface area contributed by atoms with Crippen LogP contribution in [0.2, 0.25) is 0 Å². The third kappa shape index (κ3) is 3.15. The normalized spacial score (nSPS) is 19.1. The lowest BCUT2D eigenvalue weighted by Gasteiger charge is -2.32. The van der Waals surface area contributed by atoms with Gasteiger partial charge in [-0.05, 0) is 24.5 Å². The molecule has 1 aromatic rings. The predicted octanol–water partition coefficient (Wildman–Crippen LogP) is 1.27. The van der Waals surface area contributed by atoms with Crippen molar-refractivity contribution in [1.82, 2.24) is 15.2 Å². The molecule has 0 aromatic carbocycles. The Hall–Kier alpha value is -1.91. The summed E-state index contributed by atoms with van der Waals surface area (Å²) in [5.41, 5.74) is 2.01. The van der Waals surface area contributed by atoms with Crippen molar-refractivity contribution >= 4 is 11.8 Å². The van der Waals surface area contributed by atoms with Crippen molar-refractivity contribution in [2.75, 3.05) is 6.54 Å². The van der Waals surface area contributed by atoms with Gasteiger partial charge in [0.2, 0.25) is 11.8 Å². The van der Waals surface area contributed by atoms with Crippen molar-refractivity contribution < 1.29 is 9.59 Å². The van der Waals surface area contributed by atoms with Crippen LogP contribution in [-0.2, 0) is 22.6 Å². The minimum absolute atomic E-state index is 0.000781. The predicted molar refractivity (Wildman–Crippen MR) is 75.9 cm³/mol. The second kappa shape index (κ2) is 6.50. The molecule has 0 radical (unpaired) electrons. The van der Waals surface area contributed by atoms with E-state index in [4.69, 9.17) is 0 Å². The third-order valence-electron chi connectivity index (χ3n) is 3.56. The summed E-state index contributed by atoms with van der Waals surface area (Å²) in [5, 5.41) is 2.76. The molecule has 5 nitrogen and oxygen atoms in total. The van der Waals surface area contributed by atoms with E-state index in [-0.39, 0.29) is 24.4 Å². The first-order chi connectivity index (χ1) is 9.65. The SMILES string of the molecule is CCCC1NC(=O)CN(Cc2ncccc2CC)C1=O. The van der Waals surface area contributed by atoms with Crippen LogP contribution >= 0.6 is 0 Å². The van der Waals surface area contributed by atoms with Crippen molar-refractivity contribution in [2.45, 2.75) is 45.7 Å². The minimum atomic E-state index is -0.380. The molecule has 1 aliphatic heterocycles. The maximum Gasteiger partial charge on any atom is 0.245 e. The van der Waals surface area contributed by atoms with Crippen LogP contribution in [-0.4, -0.2) is 34.3 Å². The molecule has 2 rings (SSSR count). The Kier molecular flexibility index (Phi) is 4.71. The molecular weight excluding hydrogens is 254 g/mol. The molecule has 1 unspecified atom stereocenters. The first-order valence-corrected chi connectivity index (χ1v) is 7.16. The molecule has 1 N–H and O–H groups in total. The Morgan fingerprint density at radius 2 is 2.20 bits per heavy atom. The number of aromatic nitrogens is 1. The highest BCUT2D eigenvalue weighted by atomic mass is 16.2. The largest absolute Gasteiger partial charge is 0.343 e. The van der Waals surface area contributed by atoms with Crippen molar-refractivity contribution in [3.05, 3.63) is 29.6 Å². The van der Waals surface area contributed by atoms with Crippen LogP contribution in [0.1, 0.15) is 37.9 Å².